The predicted octanol–water partition coefficient (Wildman–Crippen LogP) is 1.70. The fraction of sp³-hybridized carbons (Fsp3) is 0.500. The molecule has 1 unspecified atom stereocenters. The Labute approximate surface area is 96.3 Å². The number of benzene rings is 1. The van der Waals surface area contributed by atoms with Crippen LogP contribution in [0.25, 0.3) is 0 Å². The number of hydrogen-bond donors (Lipinski definition) is 1. The molecule has 0 spiro atoms. The fourth-order valence-corrected chi connectivity index (χ4v) is 1.30. The molecule has 16 heavy (non-hydrogen) atoms. The Hall–Kier alpha value is -1.26. The van der Waals surface area contributed by atoms with E-state index in [0.717, 1.165) is 0 Å². The number of hydrogen-bond acceptors (Lipinski definition) is 4. The predicted molar refractivity (Wildman–Crippen MR) is 63.6 cm³/mol. The lowest BCUT2D eigenvalue weighted by atomic mass is 10.3. The van der Waals surface area contributed by atoms with Gasteiger partial charge in [-0.25, -0.2) is 0 Å². The van der Waals surface area contributed by atoms with Crippen molar-refractivity contribution in [2.45, 2.75) is 13.0 Å². The molecule has 0 aliphatic heterocycles. The van der Waals surface area contributed by atoms with Crippen LogP contribution in [0.1, 0.15) is 6.92 Å². The van der Waals surface area contributed by atoms with Gasteiger partial charge in [0.25, 0.3) is 0 Å². The largest absolute Gasteiger partial charge is 0.489 e. The zero-order valence-corrected chi connectivity index (χ0v) is 9.81. The van der Waals surface area contributed by atoms with E-state index in [-0.39, 0.29) is 6.10 Å². The molecule has 4 nitrogen and oxygen atoms in total. The lowest BCUT2D eigenvalue weighted by molar-refractivity contribution is -0.00206. The van der Waals surface area contributed by atoms with Crippen LogP contribution < -0.4 is 10.5 Å². The summed E-state index contributed by atoms with van der Waals surface area (Å²) in [7, 11) is 1.65. The van der Waals surface area contributed by atoms with Gasteiger partial charge in [-0.1, -0.05) is 12.1 Å². The average Bonchev–Trinajstić information content (AvgIpc) is 2.27. The highest BCUT2D eigenvalue weighted by Crippen LogP contribution is 2.19. The molecule has 0 aromatic heterocycles. The number of nitrogens with two attached hydrogens (primary N) is 1. The van der Waals surface area contributed by atoms with Crippen molar-refractivity contribution in [3.8, 4) is 5.75 Å². The molecule has 0 aliphatic rings. The van der Waals surface area contributed by atoms with E-state index >= 15 is 0 Å². The first-order valence-electron chi connectivity index (χ1n) is 5.32. The number of anilines is 1. The van der Waals surface area contributed by atoms with Gasteiger partial charge in [-0.2, -0.15) is 0 Å². The van der Waals surface area contributed by atoms with Crippen LogP contribution in [-0.2, 0) is 9.47 Å². The normalized spacial score (nSPS) is 12.4. The number of nitrogen functional groups attached to an aromatic ring is 1. The minimum Gasteiger partial charge on any atom is -0.489 e. The van der Waals surface area contributed by atoms with Crippen molar-refractivity contribution >= 4 is 5.69 Å². The van der Waals surface area contributed by atoms with Crippen LogP contribution in [0.15, 0.2) is 24.3 Å². The summed E-state index contributed by atoms with van der Waals surface area (Å²) in [6.07, 6.45) is 0.0849. The van der Waals surface area contributed by atoms with Gasteiger partial charge in [0.15, 0.2) is 0 Å². The molecule has 1 aromatic carbocycles. The van der Waals surface area contributed by atoms with Crippen LogP contribution in [0.2, 0.25) is 0 Å². The summed E-state index contributed by atoms with van der Waals surface area (Å²) >= 11 is 0. The van der Waals surface area contributed by atoms with Crippen molar-refractivity contribution in [1.82, 2.24) is 0 Å². The first-order valence-corrected chi connectivity index (χ1v) is 5.32. The quantitative estimate of drug-likeness (QED) is 0.567. The zero-order valence-electron chi connectivity index (χ0n) is 9.81. The van der Waals surface area contributed by atoms with Gasteiger partial charge in [0, 0.05) is 7.11 Å². The Morgan fingerprint density at radius 3 is 2.69 bits per heavy atom. The fourth-order valence-electron chi connectivity index (χ4n) is 1.30. The third kappa shape index (κ3) is 4.51. The van der Waals surface area contributed by atoms with Gasteiger partial charge >= 0.3 is 0 Å². The highest BCUT2D eigenvalue weighted by atomic mass is 16.5. The lowest BCUT2D eigenvalue weighted by Crippen LogP contribution is -2.18. The summed E-state index contributed by atoms with van der Waals surface area (Å²) in [6.45, 7) is 3.56. The van der Waals surface area contributed by atoms with Crippen LogP contribution in [0.5, 0.6) is 5.75 Å². The minimum atomic E-state index is 0.0849. The molecule has 0 aliphatic carbocycles. The third-order valence-corrected chi connectivity index (χ3v) is 2.06. The Balaban J connectivity index is 2.19. The van der Waals surface area contributed by atoms with Crippen LogP contribution in [0, 0.1) is 0 Å². The van der Waals surface area contributed by atoms with Gasteiger partial charge in [0.05, 0.1) is 25.0 Å². The van der Waals surface area contributed by atoms with Crippen molar-refractivity contribution in [2.75, 3.05) is 32.7 Å². The van der Waals surface area contributed by atoms with Crippen molar-refractivity contribution in [1.29, 1.82) is 0 Å². The van der Waals surface area contributed by atoms with E-state index in [9.17, 15) is 0 Å². The highest BCUT2D eigenvalue weighted by Gasteiger charge is 2.02. The Morgan fingerprint density at radius 2 is 2.00 bits per heavy atom. The molecule has 0 radical (unpaired) electrons. The third-order valence-electron chi connectivity index (χ3n) is 2.06. The average molecular weight is 225 g/mol. The Kier molecular flexibility index (Phi) is 5.67. The molecule has 2 N–H and O–H groups in total. The molecule has 0 bridgehead atoms. The van der Waals surface area contributed by atoms with E-state index in [1.165, 1.54) is 0 Å². The molecule has 1 rings (SSSR count). The van der Waals surface area contributed by atoms with Crippen LogP contribution in [0.4, 0.5) is 5.69 Å². The summed E-state index contributed by atoms with van der Waals surface area (Å²) in [4.78, 5) is 0. The number of rotatable bonds is 7. The lowest BCUT2D eigenvalue weighted by Gasteiger charge is -2.13. The number of ether oxygens (including phenoxy) is 3. The van der Waals surface area contributed by atoms with E-state index < -0.39 is 0 Å². The van der Waals surface area contributed by atoms with Gasteiger partial charge < -0.3 is 19.9 Å². The highest BCUT2D eigenvalue weighted by molar-refractivity contribution is 5.51. The Bertz CT molecular complexity index is 304. The second-order valence-corrected chi connectivity index (χ2v) is 3.52. The molecular formula is C12H19NO3. The van der Waals surface area contributed by atoms with Gasteiger partial charge in [-0.15, -0.1) is 0 Å². The second-order valence-electron chi connectivity index (χ2n) is 3.52. The van der Waals surface area contributed by atoms with E-state index in [4.69, 9.17) is 19.9 Å². The molecule has 90 valence electrons. The number of methoxy groups -OCH3 is 1. The summed E-state index contributed by atoms with van der Waals surface area (Å²) < 4.78 is 15.9. The SMILES string of the molecule is COCC(C)OCCOc1ccccc1N. The molecule has 0 heterocycles. The first kappa shape index (κ1) is 12.8. The van der Waals surface area contributed by atoms with Crippen molar-refractivity contribution < 1.29 is 14.2 Å². The smallest absolute Gasteiger partial charge is 0.142 e. The summed E-state index contributed by atoms with van der Waals surface area (Å²) in [6, 6.07) is 7.41. The molecule has 0 amide bonds. The molecule has 0 fully saturated rings. The Morgan fingerprint density at radius 1 is 1.25 bits per heavy atom. The van der Waals surface area contributed by atoms with Crippen molar-refractivity contribution in [3.63, 3.8) is 0 Å². The summed E-state index contributed by atoms with van der Waals surface area (Å²) in [5.41, 5.74) is 6.37. The number of para-hydroxylation sites is 2. The van der Waals surface area contributed by atoms with Crippen LogP contribution in [-0.4, -0.2) is 33.0 Å². The maximum atomic E-state index is 5.72. The van der Waals surface area contributed by atoms with Gasteiger partial charge in [-0.3, -0.25) is 0 Å². The molecule has 1 atom stereocenters. The van der Waals surface area contributed by atoms with Gasteiger partial charge in [0.1, 0.15) is 12.4 Å². The van der Waals surface area contributed by atoms with E-state index in [1.807, 2.05) is 31.2 Å². The van der Waals surface area contributed by atoms with E-state index in [2.05, 4.69) is 0 Å². The minimum absolute atomic E-state index is 0.0849. The molecule has 0 saturated heterocycles. The molecule has 0 saturated carbocycles. The second kappa shape index (κ2) is 7.09. The van der Waals surface area contributed by atoms with E-state index in [1.54, 1.807) is 7.11 Å². The summed E-state index contributed by atoms with van der Waals surface area (Å²) in [5, 5.41) is 0. The van der Waals surface area contributed by atoms with E-state index in [0.29, 0.717) is 31.3 Å². The standard InChI is InChI=1S/C12H19NO3/c1-10(9-14-2)15-7-8-16-12-6-4-3-5-11(12)13/h3-6,10H,7-9,13H2,1-2H3. The maximum absolute atomic E-state index is 5.72. The maximum Gasteiger partial charge on any atom is 0.142 e. The van der Waals surface area contributed by atoms with Crippen molar-refractivity contribution in [3.05, 3.63) is 24.3 Å². The van der Waals surface area contributed by atoms with Gasteiger partial charge in [0.2, 0.25) is 0 Å². The first-order chi connectivity index (χ1) is 7.74. The summed E-state index contributed by atoms with van der Waals surface area (Å²) in [5.74, 6) is 0.700. The zero-order chi connectivity index (χ0) is 11.8. The molecule has 1 aromatic rings. The van der Waals surface area contributed by atoms with Crippen molar-refractivity contribution in [2.24, 2.45) is 0 Å². The molecule has 4 heteroatoms. The van der Waals surface area contributed by atoms with Crippen LogP contribution in [0.3, 0.4) is 0 Å². The topological polar surface area (TPSA) is 53.7 Å². The van der Waals surface area contributed by atoms with Gasteiger partial charge in [-0.05, 0) is 19.1 Å². The van der Waals surface area contributed by atoms with Crippen LogP contribution >= 0.6 is 0 Å². The monoisotopic (exact) mass is 225 g/mol. The molecular weight excluding hydrogens is 206 g/mol.